The Labute approximate surface area is 268 Å². The van der Waals surface area contributed by atoms with Crippen molar-refractivity contribution in [3.8, 4) is 5.75 Å². The fourth-order valence-corrected chi connectivity index (χ4v) is 6.93. The molecule has 1 aliphatic heterocycles. The van der Waals surface area contributed by atoms with Crippen molar-refractivity contribution in [2.75, 3.05) is 4.90 Å². The average Bonchev–Trinajstić information content (AvgIpc) is 3.67. The molecule has 2 aromatic heterocycles. The van der Waals surface area contributed by atoms with E-state index in [0.29, 0.717) is 39.6 Å². The molecule has 1 aliphatic rings. The van der Waals surface area contributed by atoms with Crippen LogP contribution in [0.3, 0.4) is 0 Å². The Morgan fingerprint density at radius 2 is 1.66 bits per heavy atom. The van der Waals surface area contributed by atoms with Crippen LogP contribution in [-0.4, -0.2) is 25.9 Å². The zero-order valence-corrected chi connectivity index (χ0v) is 26.3. The molecule has 0 radical (unpaired) electrons. The first kappa shape index (κ1) is 30.3. The van der Waals surface area contributed by atoms with E-state index < -0.39 is 31.1 Å². The standard InChI is InChI=1S/C34H24N2O9S2/c1-3-9-33(47(40,41)42)36-26-19-29-25(24-12-7-8-13-27(24)43-29)18-30(26)45-32(36)17-21(4-2)16-31-35(20-46(37,38)39)34-23-11-6-5-10-22(23)14-15-28(34)44-31/h5-8,10-19H,1,4,20H2,2H3,(H-,37,38,39,40,41,42)/p+1. The molecular formula is C34H25N2O9S2+. The molecule has 4 aromatic carbocycles. The van der Waals surface area contributed by atoms with Crippen molar-refractivity contribution in [1.29, 1.82) is 0 Å². The smallest absolute Gasteiger partial charge is 0.375 e. The molecule has 0 bridgehead atoms. The molecule has 0 atom stereocenters. The van der Waals surface area contributed by atoms with Crippen molar-refractivity contribution in [3.63, 3.8) is 0 Å². The summed E-state index contributed by atoms with van der Waals surface area (Å²) in [5.41, 5.74) is 7.34. The van der Waals surface area contributed by atoms with Crippen molar-refractivity contribution in [3.05, 3.63) is 119 Å². The maximum Gasteiger partial charge on any atom is 0.375 e. The topological polar surface area (TPSA) is 151 Å². The lowest BCUT2D eigenvalue weighted by Crippen LogP contribution is -2.39. The van der Waals surface area contributed by atoms with Crippen molar-refractivity contribution in [2.24, 2.45) is 0 Å². The molecule has 0 aliphatic carbocycles. The van der Waals surface area contributed by atoms with Gasteiger partial charge in [0.25, 0.3) is 11.4 Å². The van der Waals surface area contributed by atoms with Crippen LogP contribution in [-0.2, 0) is 26.1 Å². The Balaban J connectivity index is 1.44. The molecule has 0 unspecified atom stereocenters. The fraction of sp³-hybridized carbons (Fsp3) is 0.0882. The summed E-state index contributed by atoms with van der Waals surface area (Å²) in [5.74, 6) is -0.433. The van der Waals surface area contributed by atoms with Crippen LogP contribution in [0.5, 0.6) is 5.75 Å². The molecule has 0 spiro atoms. The second-order valence-corrected chi connectivity index (χ2v) is 13.5. The molecule has 236 valence electrons. The third-order valence-corrected chi connectivity index (χ3v) is 9.07. The fourth-order valence-electron chi connectivity index (χ4n) is 5.72. The van der Waals surface area contributed by atoms with Gasteiger partial charge in [-0.25, -0.2) is 0 Å². The van der Waals surface area contributed by atoms with Crippen LogP contribution >= 0.6 is 0 Å². The quantitative estimate of drug-likeness (QED) is 0.105. The van der Waals surface area contributed by atoms with Crippen LogP contribution in [0, 0.1) is 0 Å². The number of anilines is 1. The first-order valence-corrected chi connectivity index (χ1v) is 17.3. The van der Waals surface area contributed by atoms with E-state index in [2.05, 4.69) is 18.0 Å². The van der Waals surface area contributed by atoms with E-state index >= 15 is 0 Å². The van der Waals surface area contributed by atoms with Gasteiger partial charge in [-0.3, -0.25) is 14.0 Å². The monoisotopic (exact) mass is 669 g/mol. The Hall–Kier alpha value is -5.39. The number of oxazole rings is 1. The van der Waals surface area contributed by atoms with Gasteiger partial charge in [0.2, 0.25) is 16.5 Å². The largest absolute Gasteiger partial charge is 0.456 e. The highest BCUT2D eigenvalue weighted by atomic mass is 32.2. The Kier molecular flexibility index (Phi) is 7.18. The highest BCUT2D eigenvalue weighted by Crippen LogP contribution is 2.46. The molecule has 13 heteroatoms. The number of nitrogens with zero attached hydrogens (tertiary/aromatic N) is 2. The maximum atomic E-state index is 12.6. The Morgan fingerprint density at radius 3 is 2.38 bits per heavy atom. The van der Waals surface area contributed by atoms with Crippen molar-refractivity contribution in [1.82, 2.24) is 0 Å². The normalized spacial score (nSPS) is 14.6. The van der Waals surface area contributed by atoms with E-state index in [4.69, 9.17) is 13.6 Å². The highest BCUT2D eigenvalue weighted by molar-refractivity contribution is 7.90. The van der Waals surface area contributed by atoms with Gasteiger partial charge in [-0.1, -0.05) is 55.1 Å². The summed E-state index contributed by atoms with van der Waals surface area (Å²) in [6.45, 7) is 5.25. The minimum atomic E-state index is -4.89. The number of fused-ring (bicyclic) bond motifs is 7. The molecule has 0 saturated heterocycles. The summed E-state index contributed by atoms with van der Waals surface area (Å²) < 4.78 is 89.3. The first-order chi connectivity index (χ1) is 22.4. The predicted molar refractivity (Wildman–Crippen MR) is 176 cm³/mol. The van der Waals surface area contributed by atoms with E-state index in [1.165, 1.54) is 10.6 Å². The SMILES string of the molecule is C=C=C=C(N1C(=CC(=Cc2oc3ccc4ccccc4c3[n+]2CS(=O)(=O)O)CC)Oc2cc3c(cc21)oc1ccccc13)S(=O)(=O)O. The van der Waals surface area contributed by atoms with Crippen LogP contribution in [0.15, 0.2) is 122 Å². The van der Waals surface area contributed by atoms with Gasteiger partial charge < -0.3 is 13.6 Å². The molecule has 11 nitrogen and oxygen atoms in total. The molecule has 0 fully saturated rings. The van der Waals surface area contributed by atoms with E-state index in [1.54, 1.807) is 24.3 Å². The zero-order valence-electron chi connectivity index (χ0n) is 24.7. The summed E-state index contributed by atoms with van der Waals surface area (Å²) in [4.78, 5) is 1.15. The average molecular weight is 670 g/mol. The number of para-hydroxylation sites is 1. The van der Waals surface area contributed by atoms with Crippen molar-refractivity contribution in [2.45, 2.75) is 19.2 Å². The van der Waals surface area contributed by atoms with Gasteiger partial charge in [-0.15, -0.1) is 4.57 Å². The molecule has 2 N–H and O–H groups in total. The second-order valence-electron chi connectivity index (χ2n) is 10.7. The van der Waals surface area contributed by atoms with Gasteiger partial charge >= 0.3 is 26.1 Å². The van der Waals surface area contributed by atoms with Crippen LogP contribution < -0.4 is 14.2 Å². The summed E-state index contributed by atoms with van der Waals surface area (Å²) in [6, 6.07) is 21.6. The van der Waals surface area contributed by atoms with Gasteiger partial charge in [-0.2, -0.15) is 16.8 Å². The number of hydrogen-bond acceptors (Lipinski definition) is 8. The second kappa shape index (κ2) is 11.1. The number of ether oxygens (including phenoxy) is 1. The van der Waals surface area contributed by atoms with Crippen LogP contribution in [0.25, 0.3) is 49.9 Å². The molecular weight excluding hydrogens is 645 g/mol. The summed E-state index contributed by atoms with van der Waals surface area (Å²) in [6.07, 6.45) is 3.44. The molecule has 7 rings (SSSR count). The minimum absolute atomic E-state index is 0.0247. The molecule has 3 heterocycles. The molecule has 6 aromatic rings. The first-order valence-electron chi connectivity index (χ1n) is 14.2. The lowest BCUT2D eigenvalue weighted by Gasteiger charge is -2.17. The summed E-state index contributed by atoms with van der Waals surface area (Å²) in [7, 11) is -9.40. The van der Waals surface area contributed by atoms with Crippen LogP contribution in [0.1, 0.15) is 19.2 Å². The zero-order chi connectivity index (χ0) is 33.1. The predicted octanol–water partition coefficient (Wildman–Crippen LogP) is 6.82. The van der Waals surface area contributed by atoms with E-state index in [9.17, 15) is 25.9 Å². The van der Waals surface area contributed by atoms with Crippen molar-refractivity contribution >= 4 is 75.8 Å². The number of rotatable bonds is 7. The number of furan rings is 1. The van der Waals surface area contributed by atoms with E-state index in [1.807, 2.05) is 61.5 Å². The van der Waals surface area contributed by atoms with E-state index in [-0.39, 0.29) is 23.2 Å². The number of benzene rings is 4. The highest BCUT2D eigenvalue weighted by Gasteiger charge is 2.36. The third-order valence-electron chi connectivity index (χ3n) is 7.71. The van der Waals surface area contributed by atoms with Gasteiger partial charge in [-0.05, 0) is 54.0 Å². The molecule has 47 heavy (non-hydrogen) atoms. The Morgan fingerprint density at radius 1 is 0.915 bits per heavy atom. The molecule has 0 saturated carbocycles. The van der Waals surface area contributed by atoms with Gasteiger partial charge in [0, 0.05) is 22.9 Å². The maximum absolute atomic E-state index is 12.6. The lowest BCUT2D eigenvalue weighted by atomic mass is 10.1. The number of allylic oxidation sites excluding steroid dienone is 2. The van der Waals surface area contributed by atoms with Gasteiger partial charge in [0.15, 0.2) is 5.75 Å². The number of aromatic nitrogens is 1. The number of hydrogen-bond donors (Lipinski definition) is 2. The van der Waals surface area contributed by atoms with Crippen LogP contribution in [0.4, 0.5) is 5.69 Å². The Bertz CT molecular complexity index is 2670. The van der Waals surface area contributed by atoms with Gasteiger partial charge in [0.05, 0.1) is 17.1 Å². The van der Waals surface area contributed by atoms with Crippen molar-refractivity contribution < 1.29 is 44.1 Å². The minimum Gasteiger partial charge on any atom is -0.456 e. The third kappa shape index (κ3) is 5.43. The summed E-state index contributed by atoms with van der Waals surface area (Å²) >= 11 is 0. The van der Waals surface area contributed by atoms with E-state index in [0.717, 1.165) is 21.1 Å². The summed E-state index contributed by atoms with van der Waals surface area (Å²) in [5, 5.41) is 2.41. The molecule has 0 amide bonds. The van der Waals surface area contributed by atoms with Gasteiger partial charge in [0.1, 0.15) is 11.2 Å². The lowest BCUT2D eigenvalue weighted by molar-refractivity contribution is -0.658. The van der Waals surface area contributed by atoms with Crippen LogP contribution in [0.2, 0.25) is 0 Å².